The summed E-state index contributed by atoms with van der Waals surface area (Å²) in [5.41, 5.74) is 8.30. The van der Waals surface area contributed by atoms with Crippen molar-refractivity contribution in [3.05, 3.63) is 47.1 Å². The Morgan fingerprint density at radius 1 is 1.28 bits per heavy atom. The zero-order chi connectivity index (χ0) is 17.4. The molecule has 0 radical (unpaired) electrons. The number of hydrogen-bond acceptors (Lipinski definition) is 5. The van der Waals surface area contributed by atoms with E-state index in [9.17, 15) is 4.79 Å². The van der Waals surface area contributed by atoms with Crippen LogP contribution in [0.1, 0.15) is 60.9 Å². The fourth-order valence-corrected chi connectivity index (χ4v) is 3.84. The van der Waals surface area contributed by atoms with E-state index >= 15 is 0 Å². The van der Waals surface area contributed by atoms with Crippen LogP contribution < -0.4 is 5.73 Å². The summed E-state index contributed by atoms with van der Waals surface area (Å²) in [6.45, 7) is 3.30. The second-order valence-electron chi connectivity index (χ2n) is 7.48. The van der Waals surface area contributed by atoms with Gasteiger partial charge in [0.2, 0.25) is 11.8 Å². The largest absolute Gasteiger partial charge is 0.339 e. The van der Waals surface area contributed by atoms with Crippen molar-refractivity contribution in [3.63, 3.8) is 0 Å². The highest BCUT2D eigenvalue weighted by molar-refractivity contribution is 5.79. The highest BCUT2D eigenvalue weighted by Crippen LogP contribution is 2.36. The summed E-state index contributed by atoms with van der Waals surface area (Å²) in [4.78, 5) is 18.8. The Balaban J connectivity index is 1.45. The molecule has 1 aliphatic heterocycles. The van der Waals surface area contributed by atoms with Crippen molar-refractivity contribution in [1.29, 1.82) is 0 Å². The van der Waals surface area contributed by atoms with Gasteiger partial charge < -0.3 is 15.2 Å². The van der Waals surface area contributed by atoms with Gasteiger partial charge in [-0.1, -0.05) is 47.8 Å². The van der Waals surface area contributed by atoms with Crippen molar-refractivity contribution in [2.45, 2.75) is 57.0 Å². The van der Waals surface area contributed by atoms with Crippen LogP contribution in [0, 0.1) is 6.92 Å². The maximum atomic E-state index is 12.4. The van der Waals surface area contributed by atoms with Crippen molar-refractivity contribution in [2.24, 2.45) is 5.73 Å². The number of benzene rings is 1. The van der Waals surface area contributed by atoms with Crippen LogP contribution in [0.2, 0.25) is 0 Å². The zero-order valence-corrected chi connectivity index (χ0v) is 14.6. The van der Waals surface area contributed by atoms with E-state index in [1.807, 2.05) is 4.90 Å². The second kappa shape index (κ2) is 6.26. The first-order chi connectivity index (χ1) is 12.0. The third kappa shape index (κ3) is 3.18. The SMILES string of the molecule is Cc1ccc(CN2CC(c3nc(C4(N)CCCC4)no3)CC2=O)cc1. The minimum Gasteiger partial charge on any atom is -0.339 e. The Morgan fingerprint density at radius 3 is 2.72 bits per heavy atom. The molecule has 2 aliphatic rings. The predicted molar refractivity (Wildman–Crippen MR) is 92.6 cm³/mol. The average Bonchev–Trinajstić information content (AvgIpc) is 3.31. The van der Waals surface area contributed by atoms with Crippen molar-refractivity contribution >= 4 is 5.91 Å². The minimum absolute atomic E-state index is 0.0378. The molecule has 6 heteroatoms. The summed E-state index contributed by atoms with van der Waals surface area (Å²) in [6.07, 6.45) is 4.43. The maximum Gasteiger partial charge on any atom is 0.232 e. The van der Waals surface area contributed by atoms with Crippen molar-refractivity contribution in [1.82, 2.24) is 15.0 Å². The lowest BCUT2D eigenvalue weighted by atomic mass is 9.98. The van der Waals surface area contributed by atoms with E-state index in [2.05, 4.69) is 41.3 Å². The van der Waals surface area contributed by atoms with Crippen LogP contribution in [0.25, 0.3) is 0 Å². The number of rotatable bonds is 4. The standard InChI is InChI=1S/C19H24N4O2/c1-13-4-6-14(7-5-13)11-23-12-15(10-16(23)24)17-21-18(22-25-17)19(20)8-2-3-9-19/h4-7,15H,2-3,8-12,20H2,1H3. The molecule has 0 bridgehead atoms. The Hall–Kier alpha value is -2.21. The van der Waals surface area contributed by atoms with E-state index in [0.29, 0.717) is 31.2 Å². The second-order valence-corrected chi connectivity index (χ2v) is 7.48. The van der Waals surface area contributed by atoms with Gasteiger partial charge in [0.1, 0.15) is 0 Å². The van der Waals surface area contributed by atoms with Gasteiger partial charge in [0.05, 0.1) is 11.5 Å². The van der Waals surface area contributed by atoms with Crippen molar-refractivity contribution in [2.75, 3.05) is 6.54 Å². The number of hydrogen-bond donors (Lipinski definition) is 1. The van der Waals surface area contributed by atoms with Crippen molar-refractivity contribution < 1.29 is 9.32 Å². The van der Waals surface area contributed by atoms with Gasteiger partial charge in [-0.2, -0.15) is 4.98 Å². The highest BCUT2D eigenvalue weighted by Gasteiger charge is 2.39. The lowest BCUT2D eigenvalue weighted by Gasteiger charge is -2.18. The molecule has 6 nitrogen and oxygen atoms in total. The normalized spacial score (nSPS) is 22.7. The summed E-state index contributed by atoms with van der Waals surface area (Å²) < 4.78 is 5.47. The monoisotopic (exact) mass is 340 g/mol. The molecule has 1 saturated carbocycles. The number of aromatic nitrogens is 2. The third-order valence-corrected chi connectivity index (χ3v) is 5.44. The van der Waals surface area contributed by atoms with Gasteiger partial charge in [-0.25, -0.2) is 0 Å². The van der Waals surface area contributed by atoms with Gasteiger partial charge in [0.25, 0.3) is 0 Å². The number of likely N-dealkylation sites (tertiary alicyclic amines) is 1. The summed E-state index contributed by atoms with van der Waals surface area (Å²) in [5, 5.41) is 4.12. The van der Waals surface area contributed by atoms with Crippen molar-refractivity contribution in [3.8, 4) is 0 Å². The summed E-state index contributed by atoms with van der Waals surface area (Å²) in [7, 11) is 0. The molecular weight excluding hydrogens is 316 g/mol. The summed E-state index contributed by atoms with van der Waals surface area (Å²) in [5.74, 6) is 1.24. The molecule has 2 heterocycles. The summed E-state index contributed by atoms with van der Waals surface area (Å²) in [6, 6.07) is 8.28. The van der Waals surface area contributed by atoms with Crippen LogP contribution in [0.5, 0.6) is 0 Å². The molecular formula is C19H24N4O2. The quantitative estimate of drug-likeness (QED) is 0.925. The molecule has 2 fully saturated rings. The first kappa shape index (κ1) is 16.3. The summed E-state index contributed by atoms with van der Waals surface area (Å²) >= 11 is 0. The van der Waals surface area contributed by atoms with Gasteiger partial charge in [-0.3, -0.25) is 4.79 Å². The zero-order valence-electron chi connectivity index (χ0n) is 14.6. The lowest BCUT2D eigenvalue weighted by molar-refractivity contribution is -0.128. The number of nitrogens with two attached hydrogens (primary N) is 1. The molecule has 1 aromatic heterocycles. The van der Waals surface area contributed by atoms with Crippen LogP contribution >= 0.6 is 0 Å². The Kier molecular flexibility index (Phi) is 4.07. The predicted octanol–water partition coefficient (Wildman–Crippen LogP) is 2.62. The number of carbonyl (C=O) groups excluding carboxylic acids is 1. The van der Waals surface area contributed by atoms with Gasteiger partial charge in [-0.15, -0.1) is 0 Å². The number of nitrogens with zero attached hydrogens (tertiary/aromatic N) is 3. The Labute approximate surface area is 147 Å². The smallest absolute Gasteiger partial charge is 0.232 e. The topological polar surface area (TPSA) is 85.2 Å². The van der Waals surface area contributed by atoms with E-state index < -0.39 is 5.54 Å². The van der Waals surface area contributed by atoms with Gasteiger partial charge in [-0.05, 0) is 25.3 Å². The first-order valence-corrected chi connectivity index (χ1v) is 9.00. The number of amides is 1. The van der Waals surface area contributed by atoms with E-state index in [0.717, 1.165) is 31.2 Å². The molecule has 1 unspecified atom stereocenters. The van der Waals surface area contributed by atoms with Crippen LogP contribution in [-0.4, -0.2) is 27.5 Å². The molecule has 132 valence electrons. The molecule has 0 spiro atoms. The molecule has 4 rings (SSSR count). The van der Waals surface area contributed by atoms with E-state index in [-0.39, 0.29) is 11.8 Å². The first-order valence-electron chi connectivity index (χ1n) is 9.00. The molecule has 2 N–H and O–H groups in total. The van der Waals surface area contributed by atoms with Crippen LogP contribution in [0.4, 0.5) is 0 Å². The third-order valence-electron chi connectivity index (χ3n) is 5.44. The fraction of sp³-hybridized carbons (Fsp3) is 0.526. The Morgan fingerprint density at radius 2 is 2.00 bits per heavy atom. The van der Waals surface area contributed by atoms with Gasteiger partial charge >= 0.3 is 0 Å². The molecule has 1 saturated heterocycles. The molecule has 25 heavy (non-hydrogen) atoms. The molecule has 1 atom stereocenters. The highest BCUT2D eigenvalue weighted by atomic mass is 16.5. The molecule has 1 aliphatic carbocycles. The molecule has 2 aromatic rings. The fourth-order valence-electron chi connectivity index (χ4n) is 3.84. The molecule has 1 amide bonds. The molecule has 1 aromatic carbocycles. The van der Waals surface area contributed by atoms with Crippen LogP contribution in [0.3, 0.4) is 0 Å². The van der Waals surface area contributed by atoms with Gasteiger partial charge in [0, 0.05) is 19.5 Å². The van der Waals surface area contributed by atoms with E-state index in [4.69, 9.17) is 10.3 Å². The van der Waals surface area contributed by atoms with Crippen LogP contribution in [-0.2, 0) is 16.9 Å². The van der Waals surface area contributed by atoms with Gasteiger partial charge in [0.15, 0.2) is 5.82 Å². The maximum absolute atomic E-state index is 12.4. The minimum atomic E-state index is -0.452. The average molecular weight is 340 g/mol. The lowest BCUT2D eigenvalue weighted by Crippen LogP contribution is -2.34. The number of carbonyl (C=O) groups is 1. The number of aryl methyl sites for hydroxylation is 1. The Bertz CT molecular complexity index is 762. The van der Waals surface area contributed by atoms with Crippen LogP contribution in [0.15, 0.2) is 28.8 Å². The van der Waals surface area contributed by atoms with E-state index in [1.165, 1.54) is 5.56 Å². The van der Waals surface area contributed by atoms with E-state index in [1.54, 1.807) is 0 Å².